The smallest absolute Gasteiger partial charge is 0.123 e. The number of aliphatic hydroxyl groups is 1. The lowest BCUT2D eigenvalue weighted by Crippen LogP contribution is -2.19. The molecule has 0 aromatic heterocycles. The molecule has 0 heterocycles. The number of hydrogen-bond donors (Lipinski definition) is 1. The number of benzene rings is 1. The van der Waals surface area contributed by atoms with Gasteiger partial charge in [-0.3, -0.25) is 0 Å². The zero-order valence-corrected chi connectivity index (χ0v) is 9.04. The highest BCUT2D eigenvalue weighted by Crippen LogP contribution is 2.04. The van der Waals surface area contributed by atoms with Crippen molar-refractivity contribution in [3.05, 3.63) is 35.9 Å². The molecule has 1 aromatic carbocycles. The lowest BCUT2D eigenvalue weighted by molar-refractivity contribution is 0.118. The van der Waals surface area contributed by atoms with Crippen molar-refractivity contribution in [3.8, 4) is 23.7 Å². The van der Waals surface area contributed by atoms with Crippen LogP contribution < -0.4 is 0 Å². The van der Waals surface area contributed by atoms with Gasteiger partial charge in [-0.2, -0.15) is 0 Å². The van der Waals surface area contributed by atoms with Crippen LogP contribution >= 0.6 is 0 Å². The van der Waals surface area contributed by atoms with E-state index in [1.807, 2.05) is 37.3 Å². The highest BCUT2D eigenvalue weighted by molar-refractivity contribution is 5.40. The highest BCUT2D eigenvalue weighted by atomic mass is 16.3. The Hall–Kier alpha value is -1.70. The summed E-state index contributed by atoms with van der Waals surface area (Å²) in [5.74, 6) is 11.0. The van der Waals surface area contributed by atoms with Crippen molar-refractivity contribution < 1.29 is 5.11 Å². The van der Waals surface area contributed by atoms with Gasteiger partial charge < -0.3 is 5.11 Å². The van der Waals surface area contributed by atoms with Crippen LogP contribution in [-0.2, 0) is 0 Å². The predicted octanol–water partition coefficient (Wildman–Crippen LogP) is 2.20. The van der Waals surface area contributed by atoms with Crippen molar-refractivity contribution in [2.75, 3.05) is 0 Å². The molecule has 15 heavy (non-hydrogen) atoms. The molecule has 1 atom stereocenters. The number of rotatable bonds is 1. The van der Waals surface area contributed by atoms with E-state index in [2.05, 4.69) is 23.7 Å². The van der Waals surface area contributed by atoms with E-state index >= 15 is 0 Å². The second kappa shape index (κ2) is 5.25. The molecular weight excluding hydrogens is 184 g/mol. The lowest BCUT2D eigenvalue weighted by Gasteiger charge is -2.10. The van der Waals surface area contributed by atoms with Gasteiger partial charge in [0.1, 0.15) is 5.60 Å². The summed E-state index contributed by atoms with van der Waals surface area (Å²) in [5.41, 5.74) is 0.00805. The van der Waals surface area contributed by atoms with Crippen LogP contribution in [0.5, 0.6) is 0 Å². The Bertz CT molecular complexity index is 421. The van der Waals surface area contributed by atoms with E-state index in [-0.39, 0.29) is 0 Å². The molecule has 1 N–H and O–H groups in total. The van der Waals surface area contributed by atoms with Gasteiger partial charge in [0.25, 0.3) is 0 Å². The maximum Gasteiger partial charge on any atom is 0.123 e. The van der Waals surface area contributed by atoms with Gasteiger partial charge in [-0.1, -0.05) is 37.0 Å². The maximum atomic E-state index is 9.58. The van der Waals surface area contributed by atoms with Gasteiger partial charge >= 0.3 is 0 Å². The van der Waals surface area contributed by atoms with Gasteiger partial charge in [-0.05, 0) is 37.3 Å². The SMILES string of the molecule is CCC(C)(O)C#CC#Cc1ccccc1. The third kappa shape index (κ3) is 4.36. The van der Waals surface area contributed by atoms with Crippen LogP contribution in [-0.4, -0.2) is 10.7 Å². The Balaban J connectivity index is 2.69. The van der Waals surface area contributed by atoms with Gasteiger partial charge in [0.15, 0.2) is 0 Å². The first-order chi connectivity index (χ1) is 7.14. The second-order valence-corrected chi connectivity index (χ2v) is 3.49. The van der Waals surface area contributed by atoms with E-state index in [9.17, 15) is 5.11 Å². The Kier molecular flexibility index (Phi) is 3.98. The molecule has 0 bridgehead atoms. The molecule has 0 amide bonds. The molecular formula is C14H14O. The summed E-state index contributed by atoms with van der Waals surface area (Å²) in [6.07, 6.45) is 0.604. The highest BCUT2D eigenvalue weighted by Gasteiger charge is 2.11. The van der Waals surface area contributed by atoms with Crippen LogP contribution in [0.1, 0.15) is 25.8 Å². The largest absolute Gasteiger partial charge is 0.378 e. The van der Waals surface area contributed by atoms with Gasteiger partial charge in [-0.25, -0.2) is 0 Å². The van der Waals surface area contributed by atoms with E-state index < -0.39 is 5.60 Å². The first-order valence-corrected chi connectivity index (χ1v) is 4.94. The minimum Gasteiger partial charge on any atom is -0.378 e. The minimum absolute atomic E-state index is 0.604. The molecule has 0 aliphatic carbocycles. The predicted molar refractivity (Wildman–Crippen MR) is 62.0 cm³/mol. The van der Waals surface area contributed by atoms with Crippen molar-refractivity contribution in [1.82, 2.24) is 0 Å². The lowest BCUT2D eigenvalue weighted by atomic mass is 10.1. The first-order valence-electron chi connectivity index (χ1n) is 4.94. The summed E-state index contributed by atoms with van der Waals surface area (Å²) >= 11 is 0. The first kappa shape index (κ1) is 11.4. The Morgan fingerprint density at radius 1 is 1.20 bits per heavy atom. The standard InChI is InChI=1S/C14H14O/c1-3-14(2,15)12-8-7-11-13-9-5-4-6-10-13/h4-6,9-10,15H,3H2,1-2H3. The maximum absolute atomic E-state index is 9.58. The van der Waals surface area contributed by atoms with E-state index in [4.69, 9.17) is 0 Å². The summed E-state index contributed by atoms with van der Waals surface area (Å²) in [6.45, 7) is 3.57. The fourth-order valence-electron chi connectivity index (χ4n) is 0.879. The average molecular weight is 198 g/mol. The molecule has 1 unspecified atom stereocenters. The normalized spacial score (nSPS) is 12.7. The van der Waals surface area contributed by atoms with E-state index in [1.165, 1.54) is 0 Å². The average Bonchev–Trinajstić information content (AvgIpc) is 2.26. The van der Waals surface area contributed by atoms with Crippen LogP contribution in [0.2, 0.25) is 0 Å². The van der Waals surface area contributed by atoms with Crippen molar-refractivity contribution in [2.24, 2.45) is 0 Å². The van der Waals surface area contributed by atoms with E-state index in [0.717, 1.165) is 5.56 Å². The van der Waals surface area contributed by atoms with Crippen molar-refractivity contribution in [1.29, 1.82) is 0 Å². The molecule has 1 rings (SSSR count). The van der Waals surface area contributed by atoms with Crippen LogP contribution in [0, 0.1) is 23.7 Å². The molecule has 0 spiro atoms. The van der Waals surface area contributed by atoms with Gasteiger partial charge in [0.2, 0.25) is 0 Å². The van der Waals surface area contributed by atoms with Crippen LogP contribution in [0.4, 0.5) is 0 Å². The zero-order valence-electron chi connectivity index (χ0n) is 9.04. The van der Waals surface area contributed by atoms with Crippen molar-refractivity contribution in [3.63, 3.8) is 0 Å². The molecule has 0 radical (unpaired) electrons. The third-order valence-corrected chi connectivity index (χ3v) is 2.06. The summed E-state index contributed by atoms with van der Waals surface area (Å²) in [4.78, 5) is 0. The summed E-state index contributed by atoms with van der Waals surface area (Å²) < 4.78 is 0. The quantitative estimate of drug-likeness (QED) is 0.686. The fourth-order valence-corrected chi connectivity index (χ4v) is 0.879. The summed E-state index contributed by atoms with van der Waals surface area (Å²) in [6, 6.07) is 9.65. The van der Waals surface area contributed by atoms with Crippen molar-refractivity contribution >= 4 is 0 Å². The minimum atomic E-state index is -0.925. The second-order valence-electron chi connectivity index (χ2n) is 3.49. The zero-order chi connectivity index (χ0) is 11.1. The topological polar surface area (TPSA) is 20.2 Å². The number of hydrogen-bond acceptors (Lipinski definition) is 1. The van der Waals surface area contributed by atoms with E-state index in [1.54, 1.807) is 6.92 Å². The molecule has 0 saturated heterocycles. The molecule has 1 heteroatoms. The molecule has 1 aromatic rings. The molecule has 0 fully saturated rings. The van der Waals surface area contributed by atoms with Crippen molar-refractivity contribution in [2.45, 2.75) is 25.9 Å². The molecule has 0 aliphatic rings. The Labute approximate surface area is 91.1 Å². The van der Waals surface area contributed by atoms with Crippen LogP contribution in [0.25, 0.3) is 0 Å². The molecule has 0 saturated carbocycles. The van der Waals surface area contributed by atoms with Crippen LogP contribution in [0.3, 0.4) is 0 Å². The van der Waals surface area contributed by atoms with Gasteiger partial charge in [0, 0.05) is 5.56 Å². The van der Waals surface area contributed by atoms with Crippen LogP contribution in [0.15, 0.2) is 30.3 Å². The van der Waals surface area contributed by atoms with Gasteiger partial charge in [0.05, 0.1) is 0 Å². The third-order valence-electron chi connectivity index (χ3n) is 2.06. The molecule has 1 nitrogen and oxygen atoms in total. The van der Waals surface area contributed by atoms with Gasteiger partial charge in [-0.15, -0.1) is 0 Å². The Morgan fingerprint density at radius 3 is 2.47 bits per heavy atom. The summed E-state index contributed by atoms with van der Waals surface area (Å²) in [7, 11) is 0. The fraction of sp³-hybridized carbons (Fsp3) is 0.286. The molecule has 0 aliphatic heterocycles. The molecule has 76 valence electrons. The summed E-state index contributed by atoms with van der Waals surface area (Å²) in [5, 5.41) is 9.58. The van der Waals surface area contributed by atoms with E-state index in [0.29, 0.717) is 6.42 Å². The monoisotopic (exact) mass is 198 g/mol. The Morgan fingerprint density at radius 2 is 1.87 bits per heavy atom.